The molecular formula is C18H29NO2. The molecule has 0 bridgehead atoms. The van der Waals surface area contributed by atoms with Gasteiger partial charge in [0.25, 0.3) is 0 Å². The van der Waals surface area contributed by atoms with Crippen molar-refractivity contribution >= 4 is 0 Å². The van der Waals surface area contributed by atoms with Gasteiger partial charge in [0.15, 0.2) is 0 Å². The van der Waals surface area contributed by atoms with Crippen LogP contribution in [0.4, 0.5) is 0 Å². The van der Waals surface area contributed by atoms with E-state index in [4.69, 9.17) is 9.47 Å². The van der Waals surface area contributed by atoms with Gasteiger partial charge in [-0.1, -0.05) is 44.4 Å². The van der Waals surface area contributed by atoms with Crippen molar-refractivity contribution in [3.8, 4) is 5.75 Å². The SMILES string of the molecule is CCCNC1CCCCCC1OCCOc1ccccc1. The van der Waals surface area contributed by atoms with Gasteiger partial charge in [0.2, 0.25) is 0 Å². The van der Waals surface area contributed by atoms with E-state index in [2.05, 4.69) is 12.2 Å². The van der Waals surface area contributed by atoms with Crippen LogP contribution in [0.25, 0.3) is 0 Å². The molecule has 0 aliphatic heterocycles. The molecule has 0 radical (unpaired) electrons. The third-order valence-electron chi connectivity index (χ3n) is 4.04. The van der Waals surface area contributed by atoms with Crippen LogP contribution in [0.2, 0.25) is 0 Å². The van der Waals surface area contributed by atoms with Crippen molar-refractivity contribution in [3.05, 3.63) is 30.3 Å². The van der Waals surface area contributed by atoms with Crippen LogP contribution in [0.1, 0.15) is 45.4 Å². The maximum atomic E-state index is 6.11. The highest BCUT2D eigenvalue weighted by atomic mass is 16.5. The zero-order valence-electron chi connectivity index (χ0n) is 13.2. The first-order chi connectivity index (χ1) is 10.4. The molecule has 0 saturated heterocycles. The Kier molecular flexibility index (Phi) is 7.61. The minimum atomic E-state index is 0.346. The standard InChI is InChI=1S/C18H29NO2/c1-2-13-19-17-11-7-4-8-12-18(17)21-15-14-20-16-9-5-3-6-10-16/h3,5-6,9-10,17-19H,2,4,7-8,11-15H2,1H3. The molecule has 1 fully saturated rings. The average molecular weight is 291 g/mol. The Balaban J connectivity index is 1.70. The zero-order chi connectivity index (χ0) is 14.8. The highest BCUT2D eigenvalue weighted by Crippen LogP contribution is 2.21. The normalized spacial score (nSPS) is 22.7. The van der Waals surface area contributed by atoms with Crippen molar-refractivity contribution in [3.63, 3.8) is 0 Å². The number of rotatable bonds is 8. The van der Waals surface area contributed by atoms with Crippen molar-refractivity contribution in [2.45, 2.75) is 57.6 Å². The first kappa shape index (κ1) is 16.3. The summed E-state index contributed by atoms with van der Waals surface area (Å²) >= 11 is 0. The topological polar surface area (TPSA) is 30.5 Å². The summed E-state index contributed by atoms with van der Waals surface area (Å²) < 4.78 is 11.8. The molecule has 2 rings (SSSR count). The minimum absolute atomic E-state index is 0.346. The second-order valence-electron chi connectivity index (χ2n) is 5.77. The molecule has 2 atom stereocenters. The molecule has 0 spiro atoms. The summed E-state index contributed by atoms with van der Waals surface area (Å²) in [6.45, 7) is 4.60. The fourth-order valence-electron chi connectivity index (χ4n) is 2.91. The number of hydrogen-bond acceptors (Lipinski definition) is 3. The maximum absolute atomic E-state index is 6.11. The Labute approximate surface area is 129 Å². The lowest BCUT2D eigenvalue weighted by Crippen LogP contribution is -2.41. The van der Waals surface area contributed by atoms with E-state index >= 15 is 0 Å². The molecule has 0 heterocycles. The van der Waals surface area contributed by atoms with Gasteiger partial charge in [-0.15, -0.1) is 0 Å². The third-order valence-corrected chi connectivity index (χ3v) is 4.04. The van der Waals surface area contributed by atoms with Crippen LogP contribution in [-0.4, -0.2) is 31.9 Å². The van der Waals surface area contributed by atoms with Crippen LogP contribution in [-0.2, 0) is 4.74 Å². The first-order valence-corrected chi connectivity index (χ1v) is 8.43. The molecule has 3 nitrogen and oxygen atoms in total. The van der Waals surface area contributed by atoms with Gasteiger partial charge in [0, 0.05) is 6.04 Å². The van der Waals surface area contributed by atoms with E-state index < -0.39 is 0 Å². The van der Waals surface area contributed by atoms with Gasteiger partial charge in [0.05, 0.1) is 12.7 Å². The first-order valence-electron chi connectivity index (χ1n) is 8.43. The van der Waals surface area contributed by atoms with Crippen LogP contribution in [0.5, 0.6) is 5.75 Å². The molecule has 118 valence electrons. The van der Waals surface area contributed by atoms with E-state index in [-0.39, 0.29) is 0 Å². The molecule has 21 heavy (non-hydrogen) atoms. The van der Waals surface area contributed by atoms with Gasteiger partial charge in [-0.3, -0.25) is 0 Å². The second kappa shape index (κ2) is 9.80. The largest absolute Gasteiger partial charge is 0.491 e. The molecule has 1 aliphatic carbocycles. The van der Waals surface area contributed by atoms with E-state index in [9.17, 15) is 0 Å². The molecule has 1 aliphatic rings. The number of nitrogens with one attached hydrogen (secondary N) is 1. The van der Waals surface area contributed by atoms with Gasteiger partial charge in [0.1, 0.15) is 12.4 Å². The molecule has 0 amide bonds. The quantitative estimate of drug-likeness (QED) is 0.584. The highest BCUT2D eigenvalue weighted by molar-refractivity contribution is 5.20. The number of benzene rings is 1. The number of para-hydroxylation sites is 1. The van der Waals surface area contributed by atoms with Crippen LogP contribution in [0, 0.1) is 0 Å². The third kappa shape index (κ3) is 6.06. The van der Waals surface area contributed by atoms with Crippen molar-refractivity contribution in [2.75, 3.05) is 19.8 Å². The molecule has 1 aromatic carbocycles. The maximum Gasteiger partial charge on any atom is 0.119 e. The predicted octanol–water partition coefficient (Wildman–Crippen LogP) is 3.78. The van der Waals surface area contributed by atoms with Gasteiger partial charge < -0.3 is 14.8 Å². The lowest BCUT2D eigenvalue weighted by atomic mass is 10.1. The van der Waals surface area contributed by atoms with E-state index in [1.807, 2.05) is 30.3 Å². The highest BCUT2D eigenvalue weighted by Gasteiger charge is 2.23. The van der Waals surface area contributed by atoms with Gasteiger partial charge in [-0.2, -0.15) is 0 Å². The molecule has 1 aromatic rings. The van der Waals surface area contributed by atoms with Crippen molar-refractivity contribution in [2.24, 2.45) is 0 Å². The van der Waals surface area contributed by atoms with Crippen molar-refractivity contribution < 1.29 is 9.47 Å². The van der Waals surface area contributed by atoms with Gasteiger partial charge in [-0.25, -0.2) is 0 Å². The van der Waals surface area contributed by atoms with Crippen molar-refractivity contribution in [1.29, 1.82) is 0 Å². The molecular weight excluding hydrogens is 262 g/mol. The van der Waals surface area contributed by atoms with E-state index in [1.54, 1.807) is 0 Å². The second-order valence-corrected chi connectivity index (χ2v) is 5.77. The van der Waals surface area contributed by atoms with E-state index in [0.717, 1.165) is 12.3 Å². The van der Waals surface area contributed by atoms with E-state index in [0.29, 0.717) is 25.4 Å². The molecule has 1 N–H and O–H groups in total. The summed E-state index contributed by atoms with van der Waals surface area (Å²) in [7, 11) is 0. The number of hydrogen-bond donors (Lipinski definition) is 1. The zero-order valence-corrected chi connectivity index (χ0v) is 13.2. The molecule has 2 unspecified atom stereocenters. The molecule has 0 aromatic heterocycles. The summed E-state index contributed by atoms with van der Waals surface area (Å²) in [6.07, 6.45) is 7.89. The van der Waals surface area contributed by atoms with Gasteiger partial charge in [-0.05, 0) is 37.9 Å². The van der Waals surface area contributed by atoms with Crippen LogP contribution < -0.4 is 10.1 Å². The summed E-state index contributed by atoms with van der Waals surface area (Å²) in [5.41, 5.74) is 0. The monoisotopic (exact) mass is 291 g/mol. The lowest BCUT2D eigenvalue weighted by Gasteiger charge is -2.26. The smallest absolute Gasteiger partial charge is 0.119 e. The average Bonchev–Trinajstić information content (AvgIpc) is 2.76. The fourth-order valence-corrected chi connectivity index (χ4v) is 2.91. The lowest BCUT2D eigenvalue weighted by molar-refractivity contribution is 0.00741. The Bertz CT molecular complexity index is 369. The summed E-state index contributed by atoms with van der Waals surface area (Å²) in [5.74, 6) is 0.919. The predicted molar refractivity (Wildman–Crippen MR) is 86.8 cm³/mol. The van der Waals surface area contributed by atoms with Gasteiger partial charge >= 0.3 is 0 Å². The summed E-state index contributed by atoms with van der Waals surface area (Å²) in [6, 6.07) is 10.5. The fraction of sp³-hybridized carbons (Fsp3) is 0.667. The van der Waals surface area contributed by atoms with Crippen LogP contribution in [0.3, 0.4) is 0 Å². The summed E-state index contributed by atoms with van der Waals surface area (Å²) in [4.78, 5) is 0. The molecule has 3 heteroatoms. The Morgan fingerprint density at radius 1 is 1.05 bits per heavy atom. The van der Waals surface area contributed by atoms with Crippen LogP contribution in [0.15, 0.2) is 30.3 Å². The minimum Gasteiger partial charge on any atom is -0.491 e. The summed E-state index contributed by atoms with van der Waals surface area (Å²) in [5, 5.41) is 3.65. The Morgan fingerprint density at radius 2 is 1.86 bits per heavy atom. The number of ether oxygens (including phenoxy) is 2. The molecule has 1 saturated carbocycles. The Morgan fingerprint density at radius 3 is 2.67 bits per heavy atom. The Hall–Kier alpha value is -1.06. The van der Waals surface area contributed by atoms with Crippen molar-refractivity contribution in [1.82, 2.24) is 5.32 Å². The van der Waals surface area contributed by atoms with E-state index in [1.165, 1.54) is 38.5 Å². The van der Waals surface area contributed by atoms with Crippen LogP contribution >= 0.6 is 0 Å².